The number of hydrogen-bond donors (Lipinski definition) is 1. The van der Waals surface area contributed by atoms with E-state index in [4.69, 9.17) is 11.6 Å². The molecule has 3 heterocycles. The quantitative estimate of drug-likeness (QED) is 0.828. The highest BCUT2D eigenvalue weighted by Crippen LogP contribution is 2.33. The number of fused-ring (bicyclic) bond motifs is 1. The van der Waals surface area contributed by atoms with Crippen molar-refractivity contribution in [3.63, 3.8) is 0 Å². The summed E-state index contributed by atoms with van der Waals surface area (Å²) < 4.78 is 0. The van der Waals surface area contributed by atoms with Crippen molar-refractivity contribution >= 4 is 29.0 Å². The summed E-state index contributed by atoms with van der Waals surface area (Å²) >= 11 is 6.08. The molecule has 0 aromatic heterocycles. The minimum Gasteiger partial charge on any atom is -0.382 e. The third-order valence-electron chi connectivity index (χ3n) is 5.77. The van der Waals surface area contributed by atoms with Crippen molar-refractivity contribution in [2.24, 2.45) is 0 Å². The lowest BCUT2D eigenvalue weighted by atomic mass is 10.00. The van der Waals surface area contributed by atoms with Crippen LogP contribution in [0.2, 0.25) is 5.02 Å². The fourth-order valence-corrected chi connectivity index (χ4v) is 4.56. The zero-order chi connectivity index (χ0) is 17.2. The zero-order valence-electron chi connectivity index (χ0n) is 14.7. The number of hydrogen-bond acceptors (Lipinski definition) is 3. The number of amides is 2. The molecule has 1 aromatic rings. The highest BCUT2D eigenvalue weighted by Gasteiger charge is 2.31. The van der Waals surface area contributed by atoms with Gasteiger partial charge in [0, 0.05) is 37.2 Å². The van der Waals surface area contributed by atoms with Crippen molar-refractivity contribution < 1.29 is 4.79 Å². The molecule has 0 aliphatic carbocycles. The number of urea groups is 1. The zero-order valence-corrected chi connectivity index (χ0v) is 15.5. The molecule has 136 valence electrons. The Balaban J connectivity index is 1.40. The minimum atomic E-state index is 0.141. The van der Waals surface area contributed by atoms with Crippen LogP contribution in [0.15, 0.2) is 18.2 Å². The Morgan fingerprint density at radius 3 is 2.56 bits per heavy atom. The van der Waals surface area contributed by atoms with Crippen LogP contribution in [0.1, 0.15) is 32.1 Å². The SMILES string of the molecule is O=C(N1CCC(N2CCCCC2)CC1)N1CCNc2cc(Cl)ccc21. The number of rotatable bonds is 1. The molecule has 0 atom stereocenters. The largest absolute Gasteiger partial charge is 0.382 e. The van der Waals surface area contributed by atoms with E-state index in [1.54, 1.807) is 0 Å². The first-order valence-electron chi connectivity index (χ1n) is 9.56. The van der Waals surface area contributed by atoms with Gasteiger partial charge in [0.05, 0.1) is 11.4 Å². The van der Waals surface area contributed by atoms with E-state index >= 15 is 0 Å². The number of nitrogens with one attached hydrogen (secondary N) is 1. The fourth-order valence-electron chi connectivity index (χ4n) is 4.38. The standard InChI is InChI=1S/C19H27ClN4O/c20-15-4-5-18-17(14-15)21-8-13-24(18)19(25)23-11-6-16(7-12-23)22-9-2-1-3-10-22/h4-5,14,16,21H,1-3,6-13H2. The molecule has 0 bridgehead atoms. The summed E-state index contributed by atoms with van der Waals surface area (Å²) in [5.74, 6) is 0. The molecule has 3 aliphatic heterocycles. The first kappa shape index (κ1) is 17.0. The predicted molar refractivity (Wildman–Crippen MR) is 103 cm³/mol. The fraction of sp³-hybridized carbons (Fsp3) is 0.632. The van der Waals surface area contributed by atoms with Crippen LogP contribution >= 0.6 is 11.6 Å². The highest BCUT2D eigenvalue weighted by molar-refractivity contribution is 6.31. The van der Waals surface area contributed by atoms with E-state index in [2.05, 4.69) is 10.2 Å². The van der Waals surface area contributed by atoms with E-state index in [0.717, 1.165) is 43.9 Å². The van der Waals surface area contributed by atoms with E-state index in [-0.39, 0.29) is 6.03 Å². The van der Waals surface area contributed by atoms with Gasteiger partial charge in [0.25, 0.3) is 0 Å². The minimum absolute atomic E-state index is 0.141. The molecule has 0 radical (unpaired) electrons. The Morgan fingerprint density at radius 1 is 1.04 bits per heavy atom. The lowest BCUT2D eigenvalue weighted by Crippen LogP contribution is -2.53. The summed E-state index contributed by atoms with van der Waals surface area (Å²) in [6, 6.07) is 6.51. The molecule has 2 amide bonds. The van der Waals surface area contributed by atoms with E-state index in [1.165, 1.54) is 32.4 Å². The Kier molecular flexibility index (Phi) is 5.04. The van der Waals surface area contributed by atoms with Gasteiger partial charge in [-0.1, -0.05) is 18.0 Å². The van der Waals surface area contributed by atoms with E-state index in [1.807, 2.05) is 28.0 Å². The lowest BCUT2D eigenvalue weighted by molar-refractivity contribution is 0.103. The number of carbonyl (C=O) groups excluding carboxylic acids is 1. The van der Waals surface area contributed by atoms with Gasteiger partial charge in [0.2, 0.25) is 0 Å². The summed E-state index contributed by atoms with van der Waals surface area (Å²) in [6.07, 6.45) is 6.25. The van der Waals surface area contributed by atoms with Crippen LogP contribution in [0.3, 0.4) is 0 Å². The van der Waals surface area contributed by atoms with Crippen molar-refractivity contribution in [3.8, 4) is 0 Å². The van der Waals surface area contributed by atoms with Crippen LogP contribution in [0.4, 0.5) is 16.2 Å². The van der Waals surface area contributed by atoms with Gasteiger partial charge in [-0.05, 0) is 57.0 Å². The van der Waals surface area contributed by atoms with E-state index < -0.39 is 0 Å². The molecule has 1 N–H and O–H groups in total. The normalized spacial score (nSPS) is 22.4. The van der Waals surface area contributed by atoms with Gasteiger partial charge in [-0.15, -0.1) is 0 Å². The molecule has 4 rings (SSSR count). The van der Waals surface area contributed by atoms with Crippen LogP contribution in [-0.2, 0) is 0 Å². The number of halogens is 1. The first-order chi connectivity index (χ1) is 12.2. The second-order valence-corrected chi connectivity index (χ2v) is 7.77. The molecule has 0 spiro atoms. The number of nitrogens with zero attached hydrogens (tertiary/aromatic N) is 3. The number of likely N-dealkylation sites (tertiary alicyclic amines) is 2. The van der Waals surface area contributed by atoms with Gasteiger partial charge in [-0.3, -0.25) is 4.90 Å². The first-order valence-corrected chi connectivity index (χ1v) is 9.94. The van der Waals surface area contributed by atoms with E-state index in [9.17, 15) is 4.79 Å². The third kappa shape index (κ3) is 3.58. The second kappa shape index (κ2) is 7.42. The molecule has 2 fully saturated rings. The Morgan fingerprint density at radius 2 is 1.80 bits per heavy atom. The molecule has 2 saturated heterocycles. The van der Waals surface area contributed by atoms with Crippen LogP contribution in [0, 0.1) is 0 Å². The molecule has 0 saturated carbocycles. The molecule has 5 nitrogen and oxygen atoms in total. The lowest BCUT2D eigenvalue weighted by Gasteiger charge is -2.42. The number of benzene rings is 1. The smallest absolute Gasteiger partial charge is 0.324 e. The van der Waals surface area contributed by atoms with Crippen LogP contribution < -0.4 is 10.2 Å². The number of piperidine rings is 2. The van der Waals surface area contributed by atoms with Crippen LogP contribution in [0.5, 0.6) is 0 Å². The van der Waals surface area contributed by atoms with E-state index in [0.29, 0.717) is 17.6 Å². The van der Waals surface area contributed by atoms with Crippen LogP contribution in [0.25, 0.3) is 0 Å². The molecule has 0 unspecified atom stereocenters. The van der Waals surface area contributed by atoms with Crippen molar-refractivity contribution in [3.05, 3.63) is 23.2 Å². The maximum atomic E-state index is 13.1. The van der Waals surface area contributed by atoms with Crippen molar-refractivity contribution in [1.29, 1.82) is 0 Å². The maximum absolute atomic E-state index is 13.1. The molecule has 1 aromatic carbocycles. The van der Waals surface area contributed by atoms with Crippen molar-refractivity contribution in [2.75, 3.05) is 49.5 Å². The van der Waals surface area contributed by atoms with Gasteiger partial charge in [0.15, 0.2) is 0 Å². The van der Waals surface area contributed by atoms with Gasteiger partial charge in [-0.2, -0.15) is 0 Å². The Bertz CT molecular complexity index is 624. The Labute approximate surface area is 154 Å². The average Bonchev–Trinajstić information content (AvgIpc) is 2.67. The molecular weight excluding hydrogens is 336 g/mol. The summed E-state index contributed by atoms with van der Waals surface area (Å²) in [6.45, 7) is 5.69. The predicted octanol–water partition coefficient (Wildman–Crippen LogP) is 3.64. The van der Waals surface area contributed by atoms with Gasteiger partial charge in [-0.25, -0.2) is 4.79 Å². The van der Waals surface area contributed by atoms with Crippen LogP contribution in [-0.4, -0.2) is 61.1 Å². The summed E-state index contributed by atoms with van der Waals surface area (Å²) in [5, 5.41) is 4.03. The molecule has 3 aliphatic rings. The highest BCUT2D eigenvalue weighted by atomic mass is 35.5. The summed E-state index contributed by atoms with van der Waals surface area (Å²) in [5.41, 5.74) is 1.90. The molecule has 6 heteroatoms. The second-order valence-electron chi connectivity index (χ2n) is 7.34. The maximum Gasteiger partial charge on any atom is 0.324 e. The summed E-state index contributed by atoms with van der Waals surface area (Å²) in [4.78, 5) is 19.6. The van der Waals surface area contributed by atoms with Crippen molar-refractivity contribution in [2.45, 2.75) is 38.1 Å². The summed E-state index contributed by atoms with van der Waals surface area (Å²) in [7, 11) is 0. The van der Waals surface area contributed by atoms with Gasteiger partial charge in [0.1, 0.15) is 0 Å². The van der Waals surface area contributed by atoms with Gasteiger partial charge >= 0.3 is 6.03 Å². The average molecular weight is 363 g/mol. The molecule has 25 heavy (non-hydrogen) atoms. The van der Waals surface area contributed by atoms with Crippen molar-refractivity contribution in [1.82, 2.24) is 9.80 Å². The third-order valence-corrected chi connectivity index (χ3v) is 6.01. The topological polar surface area (TPSA) is 38.8 Å². The van der Waals surface area contributed by atoms with Gasteiger partial charge < -0.3 is 15.1 Å². The molecular formula is C19H27ClN4O. The number of carbonyl (C=O) groups is 1. The Hall–Kier alpha value is -1.46. The number of anilines is 2. The monoisotopic (exact) mass is 362 g/mol.